The molecule has 6 aliphatic rings. The van der Waals surface area contributed by atoms with E-state index in [1.54, 1.807) is 182 Å². The number of rotatable bonds is 78. The highest BCUT2D eigenvalue weighted by Crippen LogP contribution is 2.49. The van der Waals surface area contributed by atoms with Gasteiger partial charge in [-0.3, -0.25) is 0 Å². The van der Waals surface area contributed by atoms with Crippen LogP contribution in [0.3, 0.4) is 0 Å². The van der Waals surface area contributed by atoms with Gasteiger partial charge in [0, 0.05) is 0 Å². The average Bonchev–Trinajstić information content (AvgIpc) is 1.24. The first-order valence-corrected chi connectivity index (χ1v) is 56.8. The lowest BCUT2D eigenvalue weighted by Gasteiger charge is -2.19. The molecule has 24 nitrogen and oxygen atoms in total. The molecule has 24 heteroatoms. The van der Waals surface area contributed by atoms with Crippen molar-refractivity contribution in [1.29, 1.82) is 0 Å². The first-order valence-electron chi connectivity index (χ1n) is 56.8. The lowest BCUT2D eigenvalue weighted by atomic mass is 9.93. The zero-order valence-electron chi connectivity index (χ0n) is 88.0. The van der Waals surface area contributed by atoms with Gasteiger partial charge < -0.3 is 85.3 Å². The molecule has 6 saturated heterocycles. The van der Waals surface area contributed by atoms with Crippen LogP contribution in [0.2, 0.25) is 0 Å². The average molecular weight is 2050 g/mol. The van der Waals surface area contributed by atoms with Gasteiger partial charge in [0.05, 0.1) is 149 Å². The molecule has 0 aromatic heterocycles. The molecule has 16 rings (SSSR count). The van der Waals surface area contributed by atoms with Crippen LogP contribution in [0.1, 0.15) is 370 Å². The van der Waals surface area contributed by atoms with Crippen LogP contribution in [0.15, 0.2) is 182 Å². The fraction of sp³-hybridized carbons (Fsp3) is 0.524. The van der Waals surface area contributed by atoms with Crippen molar-refractivity contribution in [3.63, 3.8) is 0 Å². The molecule has 0 N–H and O–H groups in total. The van der Waals surface area contributed by atoms with E-state index in [4.69, 9.17) is 85.3 Å². The topological polar surface area (TPSA) is 288 Å². The summed E-state index contributed by atoms with van der Waals surface area (Å²) in [6.45, 7) is 8.29. The largest absolute Gasteiger partial charge is 0.494 e. The van der Waals surface area contributed by atoms with E-state index in [0.717, 1.165) is 232 Å². The lowest BCUT2D eigenvalue weighted by Crippen LogP contribution is -2.14. The molecule has 6 fully saturated rings. The van der Waals surface area contributed by atoms with Gasteiger partial charge in [0.2, 0.25) is 0 Å². The van der Waals surface area contributed by atoms with E-state index in [2.05, 4.69) is 0 Å². The van der Waals surface area contributed by atoms with E-state index in [-0.39, 0.29) is 100 Å². The van der Waals surface area contributed by atoms with Crippen molar-refractivity contribution in [3.8, 4) is 69.0 Å². The van der Waals surface area contributed by atoms with Gasteiger partial charge in [-0.2, -0.15) is 0 Å². The second-order valence-corrected chi connectivity index (χ2v) is 41.4. The van der Waals surface area contributed by atoms with Gasteiger partial charge in [-0.15, -0.1) is 0 Å². The number of fused-ring (bicyclic) bond motifs is 6. The summed E-state index contributed by atoms with van der Waals surface area (Å²) in [6.07, 6.45) is 56.0. The van der Waals surface area contributed by atoms with E-state index >= 15 is 28.8 Å². The molecule has 0 aliphatic carbocycles. The number of esters is 6. The SMILES string of the molecule is O=C(Oc1cc2c3cc(OC(=O)c4ccc(OCCCCCCCCCC5CO5)cc4)c(OC(=O)c4ccc(OCCCCCCCCCC5CO5)cc4)cc3c3cc(OC(=O)c4ccc(OCCCCCCCCCC5CO5)cc4)c(OC(=O)c4ccc(OCCCCCCCCCC5CO5)cc4)cc3c2cc1OC(=O)c1ccc(OCCCCCCCCCC2CO2)cc1)c1ccc(OCCCCCCCCCC2CO2)cc1. The summed E-state index contributed by atoms with van der Waals surface area (Å²) < 4.78 is 109. The number of epoxide rings is 6. The first-order chi connectivity index (χ1) is 73.9. The van der Waals surface area contributed by atoms with Gasteiger partial charge in [0.25, 0.3) is 0 Å². The second kappa shape index (κ2) is 61.2. The van der Waals surface area contributed by atoms with Crippen LogP contribution in [0.4, 0.5) is 0 Å². The van der Waals surface area contributed by atoms with Gasteiger partial charge >= 0.3 is 35.8 Å². The minimum Gasteiger partial charge on any atom is -0.494 e. The van der Waals surface area contributed by atoms with Gasteiger partial charge in [-0.25, -0.2) is 28.8 Å². The Bertz CT molecular complexity index is 4860. The summed E-state index contributed by atoms with van der Waals surface area (Å²) in [5.41, 5.74) is 0.830. The molecule has 10 aromatic rings. The smallest absolute Gasteiger partial charge is 0.343 e. The van der Waals surface area contributed by atoms with Crippen LogP contribution in [0.5, 0.6) is 69.0 Å². The minimum absolute atomic E-state index is 0.138. The summed E-state index contributed by atoms with van der Waals surface area (Å²) in [4.78, 5) is 91.0. The Kier molecular flexibility index (Phi) is 45.3. The van der Waals surface area contributed by atoms with Gasteiger partial charge in [0.15, 0.2) is 34.5 Å². The number of carbonyl (C=O) groups is 6. The molecule has 6 unspecified atom stereocenters. The van der Waals surface area contributed by atoms with E-state index in [0.29, 0.717) is 111 Å². The Morgan fingerprint density at radius 2 is 0.280 bits per heavy atom. The molecule has 6 aliphatic heterocycles. The maximum Gasteiger partial charge on any atom is 0.343 e. The molecular formula is C126H156O24. The van der Waals surface area contributed by atoms with Crippen LogP contribution in [-0.2, 0) is 28.4 Å². The highest BCUT2D eigenvalue weighted by molar-refractivity contribution is 6.27. The van der Waals surface area contributed by atoms with Gasteiger partial charge in [-0.1, -0.05) is 231 Å². The number of benzene rings is 10. The van der Waals surface area contributed by atoms with E-state index in [1.165, 1.54) is 116 Å². The third-order valence-electron chi connectivity index (χ3n) is 28.9. The molecule has 804 valence electrons. The minimum atomic E-state index is -0.825. The third kappa shape index (κ3) is 39.2. The monoisotopic (exact) mass is 2050 g/mol. The molecule has 0 amide bonds. The Balaban J connectivity index is 0.736. The Labute approximate surface area is 885 Å². The standard InChI is InChI=1S/C126H156O24/c127-121(91-49-61-97(62-50-91)133-73-37-25-13-1-7-19-31-43-103-85-139-103)145-115-79-109-110(80-116(115)146-122(128)92-51-63-98(64-52-92)134-74-38-26-14-2-8-20-32-44-104-86-140-104)112-82-118(148-124(130)94-55-67-100(68-56-94)136-76-40-28-16-4-10-22-34-46-106-88-142-106)120(150-126(132)96-59-71-102(72-60-96)138-78-42-30-18-6-12-24-36-48-108-90-144-108)84-114(112)113-83-119(149-125(131)95-57-69-101(70-58-95)137-77-41-29-17-5-11-23-35-47-107-89-143-107)117(81-111(109)113)147-123(129)93-53-65-99(66-54-93)135-75-39-27-15-3-9-21-33-45-105-87-141-105/h49-72,79-84,103-108H,1-48,73-78,85-90H2. The number of hydrogen-bond acceptors (Lipinski definition) is 24. The molecule has 6 atom stereocenters. The van der Waals surface area contributed by atoms with E-state index in [1.807, 2.05) is 0 Å². The molecule has 10 aromatic carbocycles. The maximum atomic E-state index is 15.2. The summed E-state index contributed by atoms with van der Waals surface area (Å²) in [5, 5.41) is 1.73. The number of carbonyl (C=O) groups excluding carboxylic acids is 6. The van der Waals surface area contributed by atoms with Crippen molar-refractivity contribution >= 4 is 68.1 Å². The molecule has 0 spiro atoms. The molecular weight excluding hydrogens is 1900 g/mol. The molecule has 0 bridgehead atoms. The quantitative estimate of drug-likeness (QED) is 0.0112. The predicted octanol–water partition coefficient (Wildman–Crippen LogP) is 29.9. The number of hydrogen-bond donors (Lipinski definition) is 0. The summed E-state index contributed by atoms with van der Waals surface area (Å²) in [5.74, 6) is -2.92. The van der Waals surface area contributed by atoms with E-state index < -0.39 is 35.8 Å². The normalized spacial score (nSPS) is 16.5. The van der Waals surface area contributed by atoms with Crippen LogP contribution in [-0.4, -0.2) is 152 Å². The molecule has 0 saturated carbocycles. The Morgan fingerprint density at radius 3 is 0.400 bits per heavy atom. The van der Waals surface area contributed by atoms with Crippen LogP contribution >= 0.6 is 0 Å². The molecule has 0 radical (unpaired) electrons. The van der Waals surface area contributed by atoms with E-state index in [9.17, 15) is 0 Å². The van der Waals surface area contributed by atoms with Crippen molar-refractivity contribution in [2.75, 3.05) is 79.3 Å². The van der Waals surface area contributed by atoms with Gasteiger partial charge in [-0.05, 0) is 291 Å². The van der Waals surface area contributed by atoms with Crippen LogP contribution in [0.25, 0.3) is 32.3 Å². The molecule has 150 heavy (non-hydrogen) atoms. The van der Waals surface area contributed by atoms with Crippen molar-refractivity contribution < 1.29 is 114 Å². The van der Waals surface area contributed by atoms with Crippen LogP contribution in [0, 0.1) is 0 Å². The zero-order valence-corrected chi connectivity index (χ0v) is 88.0. The lowest BCUT2D eigenvalue weighted by molar-refractivity contribution is 0.0682. The third-order valence-corrected chi connectivity index (χ3v) is 28.9. The highest BCUT2D eigenvalue weighted by atomic mass is 16.6. The second-order valence-electron chi connectivity index (χ2n) is 41.4. The summed E-state index contributed by atoms with van der Waals surface area (Å²) >= 11 is 0. The van der Waals surface area contributed by atoms with Crippen molar-refractivity contribution in [3.05, 3.63) is 215 Å². The maximum absolute atomic E-state index is 15.2. The summed E-state index contributed by atoms with van der Waals surface area (Å²) in [7, 11) is 0. The van der Waals surface area contributed by atoms with Gasteiger partial charge in [0.1, 0.15) is 34.5 Å². The predicted molar refractivity (Wildman–Crippen MR) is 580 cm³/mol. The fourth-order valence-corrected chi connectivity index (χ4v) is 19.3. The Morgan fingerprint density at radius 1 is 0.167 bits per heavy atom. The first kappa shape index (κ1) is 111. The van der Waals surface area contributed by atoms with Crippen molar-refractivity contribution in [2.45, 2.75) is 345 Å². The van der Waals surface area contributed by atoms with Crippen molar-refractivity contribution in [1.82, 2.24) is 0 Å². The Hall–Kier alpha value is -11.6. The highest BCUT2D eigenvalue weighted by Gasteiger charge is 2.31. The fourth-order valence-electron chi connectivity index (χ4n) is 19.3. The summed E-state index contributed by atoms with van der Waals surface area (Å²) in [6, 6.07) is 49.1. The number of ether oxygens (including phenoxy) is 18. The van der Waals surface area contributed by atoms with Crippen molar-refractivity contribution in [2.24, 2.45) is 0 Å². The van der Waals surface area contributed by atoms with Crippen LogP contribution < -0.4 is 56.8 Å². The molecule has 6 heterocycles. The zero-order chi connectivity index (χ0) is 103. The number of unbranched alkanes of at least 4 members (excludes halogenated alkanes) is 36.